The quantitative estimate of drug-likeness (QED) is 0.124. The first kappa shape index (κ1) is 27.7. The molecule has 0 fully saturated rings. The number of nitrogens with zero attached hydrogens (tertiary/aromatic N) is 2. The SMILES string of the molecule is S=C(N/N=C(\C(=N\NC(=S)SCc1ccccc1)c1ccccc1)c1ccccc1)SCc1ccccc1. The van der Waals surface area contributed by atoms with Crippen molar-refractivity contribution in [3.8, 4) is 0 Å². The van der Waals surface area contributed by atoms with Gasteiger partial charge in [0.1, 0.15) is 11.4 Å². The first-order valence-electron chi connectivity index (χ1n) is 11.9. The van der Waals surface area contributed by atoms with E-state index in [0.29, 0.717) is 20.1 Å². The molecule has 0 aliphatic heterocycles. The first-order valence-corrected chi connectivity index (χ1v) is 14.7. The van der Waals surface area contributed by atoms with Crippen LogP contribution >= 0.6 is 48.0 Å². The molecule has 38 heavy (non-hydrogen) atoms. The molecular formula is C30H26N4S4. The highest BCUT2D eigenvalue weighted by Gasteiger charge is 2.16. The molecule has 0 aromatic heterocycles. The number of hydrazone groups is 2. The van der Waals surface area contributed by atoms with Crippen molar-refractivity contribution in [1.82, 2.24) is 10.9 Å². The van der Waals surface area contributed by atoms with Gasteiger partial charge >= 0.3 is 0 Å². The summed E-state index contributed by atoms with van der Waals surface area (Å²) in [6.45, 7) is 0. The Balaban J connectivity index is 1.55. The number of benzene rings is 4. The van der Waals surface area contributed by atoms with Gasteiger partial charge in [0.2, 0.25) is 0 Å². The molecule has 4 nitrogen and oxygen atoms in total. The van der Waals surface area contributed by atoms with Crippen molar-refractivity contribution >= 4 is 68.0 Å². The lowest BCUT2D eigenvalue weighted by Crippen LogP contribution is -2.26. The van der Waals surface area contributed by atoms with Crippen LogP contribution in [0.5, 0.6) is 0 Å². The minimum Gasteiger partial charge on any atom is -0.262 e. The molecule has 4 rings (SSSR count). The van der Waals surface area contributed by atoms with Crippen LogP contribution in [0.15, 0.2) is 132 Å². The zero-order valence-electron chi connectivity index (χ0n) is 20.5. The summed E-state index contributed by atoms with van der Waals surface area (Å²) < 4.78 is 1.16. The molecule has 0 bridgehead atoms. The summed E-state index contributed by atoms with van der Waals surface area (Å²) in [4.78, 5) is 0. The van der Waals surface area contributed by atoms with Gasteiger partial charge in [-0.05, 0) is 11.1 Å². The van der Waals surface area contributed by atoms with Gasteiger partial charge < -0.3 is 0 Å². The van der Waals surface area contributed by atoms with Crippen molar-refractivity contribution in [3.63, 3.8) is 0 Å². The maximum atomic E-state index is 5.58. The van der Waals surface area contributed by atoms with E-state index < -0.39 is 0 Å². The normalized spacial score (nSPS) is 11.6. The topological polar surface area (TPSA) is 48.8 Å². The second-order valence-corrected chi connectivity index (χ2v) is 11.3. The summed E-state index contributed by atoms with van der Waals surface area (Å²) in [5.74, 6) is 1.52. The molecule has 0 aliphatic carbocycles. The van der Waals surface area contributed by atoms with Gasteiger partial charge in [-0.3, -0.25) is 10.9 Å². The van der Waals surface area contributed by atoms with E-state index in [0.717, 1.165) is 22.6 Å². The predicted octanol–water partition coefficient (Wildman–Crippen LogP) is 7.41. The Morgan fingerprint density at radius 1 is 0.500 bits per heavy atom. The van der Waals surface area contributed by atoms with Gasteiger partial charge in [-0.2, -0.15) is 10.2 Å². The van der Waals surface area contributed by atoms with Crippen LogP contribution in [0.3, 0.4) is 0 Å². The fraction of sp³-hybridized carbons (Fsp3) is 0.0667. The molecule has 0 saturated carbocycles. The molecule has 0 radical (unpaired) electrons. The second kappa shape index (κ2) is 15.2. The molecule has 4 aromatic rings. The minimum atomic E-state index is 0.580. The largest absolute Gasteiger partial charge is 0.262 e. The fourth-order valence-corrected chi connectivity index (χ4v) is 5.06. The van der Waals surface area contributed by atoms with Crippen LogP contribution in [0.25, 0.3) is 0 Å². The highest BCUT2D eigenvalue weighted by Crippen LogP contribution is 2.15. The highest BCUT2D eigenvalue weighted by molar-refractivity contribution is 8.22. The molecule has 2 N–H and O–H groups in total. The second-order valence-electron chi connectivity index (χ2n) is 8.00. The third kappa shape index (κ3) is 8.92. The molecule has 0 heterocycles. The third-order valence-electron chi connectivity index (χ3n) is 5.26. The number of thioether (sulfide) groups is 2. The number of thiocarbonyl (C=S) groups is 2. The van der Waals surface area contributed by atoms with E-state index in [9.17, 15) is 0 Å². The van der Waals surface area contributed by atoms with Crippen LogP contribution in [-0.2, 0) is 11.5 Å². The van der Waals surface area contributed by atoms with Crippen molar-refractivity contribution in [1.29, 1.82) is 0 Å². The third-order valence-corrected chi connectivity index (χ3v) is 7.81. The minimum absolute atomic E-state index is 0.580. The molecule has 0 saturated heterocycles. The number of nitrogens with one attached hydrogen (secondary N) is 2. The van der Waals surface area contributed by atoms with Gasteiger partial charge in [0.15, 0.2) is 8.64 Å². The Kier molecular flexibility index (Phi) is 11.1. The maximum absolute atomic E-state index is 5.58. The van der Waals surface area contributed by atoms with Gasteiger partial charge in [0.25, 0.3) is 0 Å². The summed E-state index contributed by atoms with van der Waals surface area (Å²) in [5, 5.41) is 9.48. The Labute approximate surface area is 243 Å². The van der Waals surface area contributed by atoms with E-state index in [2.05, 4.69) is 35.1 Å². The Bertz CT molecular complexity index is 1270. The van der Waals surface area contributed by atoms with E-state index >= 15 is 0 Å². The molecule has 8 heteroatoms. The van der Waals surface area contributed by atoms with E-state index in [1.807, 2.05) is 97.1 Å². The van der Waals surface area contributed by atoms with Crippen LogP contribution in [-0.4, -0.2) is 20.1 Å². The average molecular weight is 571 g/mol. The number of rotatable bonds is 9. The van der Waals surface area contributed by atoms with Crippen LogP contribution in [0.4, 0.5) is 0 Å². The van der Waals surface area contributed by atoms with Crippen LogP contribution in [0.1, 0.15) is 22.3 Å². The number of hydrogen-bond donors (Lipinski definition) is 2. The van der Waals surface area contributed by atoms with Crippen LogP contribution < -0.4 is 10.9 Å². The summed E-state index contributed by atoms with van der Waals surface area (Å²) >= 11 is 14.2. The Morgan fingerprint density at radius 3 is 1.16 bits per heavy atom. The Hall–Kier alpha value is -3.30. The summed E-state index contributed by atoms with van der Waals surface area (Å²) in [6.07, 6.45) is 0. The van der Waals surface area contributed by atoms with Gasteiger partial charge in [-0.15, -0.1) is 0 Å². The number of hydrogen-bond acceptors (Lipinski definition) is 6. The maximum Gasteiger partial charge on any atom is 0.154 e. The van der Waals surface area contributed by atoms with Crippen molar-refractivity contribution in [2.24, 2.45) is 10.2 Å². The highest BCUT2D eigenvalue weighted by atomic mass is 32.2. The monoisotopic (exact) mass is 570 g/mol. The average Bonchev–Trinajstić information content (AvgIpc) is 2.98. The molecule has 0 unspecified atom stereocenters. The molecule has 0 amide bonds. The molecular weight excluding hydrogens is 545 g/mol. The van der Waals surface area contributed by atoms with Crippen molar-refractivity contribution in [2.75, 3.05) is 0 Å². The van der Waals surface area contributed by atoms with Crippen molar-refractivity contribution in [3.05, 3.63) is 144 Å². The standard InChI is InChI=1S/C30H26N4S4/c35-29(37-21-23-13-5-1-6-14-23)33-31-27(25-17-9-3-10-18-25)28(26-19-11-4-12-20-26)32-34-30(36)38-22-24-15-7-2-8-16-24/h1-20H,21-22H2,(H,33,35)(H,34,36)/b31-27-,32-28+. The van der Waals surface area contributed by atoms with E-state index in [1.165, 1.54) is 34.7 Å². The van der Waals surface area contributed by atoms with Gasteiger partial charge in [0.05, 0.1) is 0 Å². The smallest absolute Gasteiger partial charge is 0.154 e. The lowest BCUT2D eigenvalue weighted by Gasteiger charge is -2.13. The molecule has 0 spiro atoms. The molecule has 4 aromatic carbocycles. The van der Waals surface area contributed by atoms with Crippen LogP contribution in [0, 0.1) is 0 Å². The first-order chi connectivity index (χ1) is 18.7. The van der Waals surface area contributed by atoms with Gasteiger partial charge in [-0.1, -0.05) is 169 Å². The van der Waals surface area contributed by atoms with E-state index in [4.69, 9.17) is 34.6 Å². The summed E-state index contributed by atoms with van der Waals surface area (Å²) in [6, 6.07) is 40.3. The summed E-state index contributed by atoms with van der Waals surface area (Å²) in [7, 11) is 0. The fourth-order valence-electron chi connectivity index (χ4n) is 3.41. The Morgan fingerprint density at radius 2 is 0.816 bits per heavy atom. The van der Waals surface area contributed by atoms with Crippen LogP contribution in [0.2, 0.25) is 0 Å². The van der Waals surface area contributed by atoms with Crippen molar-refractivity contribution in [2.45, 2.75) is 11.5 Å². The van der Waals surface area contributed by atoms with Gasteiger partial charge in [0, 0.05) is 22.6 Å². The van der Waals surface area contributed by atoms with Gasteiger partial charge in [-0.25, -0.2) is 0 Å². The lowest BCUT2D eigenvalue weighted by molar-refractivity contribution is 1.05. The van der Waals surface area contributed by atoms with Crippen molar-refractivity contribution < 1.29 is 0 Å². The lowest BCUT2D eigenvalue weighted by atomic mass is 10.00. The summed E-state index contributed by atoms with van der Waals surface area (Å²) in [5.41, 5.74) is 11.7. The zero-order valence-corrected chi connectivity index (χ0v) is 23.8. The molecule has 190 valence electrons. The van der Waals surface area contributed by atoms with E-state index in [1.54, 1.807) is 0 Å². The predicted molar refractivity (Wildman–Crippen MR) is 173 cm³/mol. The molecule has 0 aliphatic rings. The van der Waals surface area contributed by atoms with E-state index in [-0.39, 0.29) is 0 Å². The molecule has 0 atom stereocenters. The zero-order chi connectivity index (χ0) is 26.4.